The number of carbonyl (C=O) groups excluding carboxylic acids is 1. The molecule has 1 unspecified atom stereocenters. The molecular formula is C18H22ClN3O3. The average molecular weight is 364 g/mol. The Kier molecular flexibility index (Phi) is 5.30. The molecule has 2 aromatic rings. The van der Waals surface area contributed by atoms with Gasteiger partial charge in [0, 0.05) is 18.1 Å². The number of nitrogens with zero attached hydrogens (tertiary/aromatic N) is 3. The monoisotopic (exact) mass is 363 g/mol. The van der Waals surface area contributed by atoms with Crippen molar-refractivity contribution in [2.75, 3.05) is 6.54 Å². The standard InChI is InChI=1S/C18H22ClN3O3/c1-12-6-14(8-15(19)7-12)11-25-18(24)21-4-3-5-22-16(10-21)9-17(20-22)13(2)23/h6-9,13,23H,3-5,10-11H2,1-2H3. The molecule has 0 saturated heterocycles. The maximum Gasteiger partial charge on any atom is 0.410 e. The van der Waals surface area contributed by atoms with Crippen LogP contribution >= 0.6 is 11.6 Å². The molecule has 3 rings (SSSR count). The molecule has 1 aliphatic rings. The van der Waals surface area contributed by atoms with Gasteiger partial charge >= 0.3 is 6.09 Å². The molecule has 1 aromatic heterocycles. The van der Waals surface area contributed by atoms with Crippen LogP contribution in [0.4, 0.5) is 4.79 Å². The summed E-state index contributed by atoms with van der Waals surface area (Å²) >= 11 is 6.04. The number of carbonyl (C=O) groups is 1. The van der Waals surface area contributed by atoms with Gasteiger partial charge in [-0.3, -0.25) is 4.68 Å². The van der Waals surface area contributed by atoms with Gasteiger partial charge in [0.2, 0.25) is 0 Å². The number of rotatable bonds is 3. The van der Waals surface area contributed by atoms with Gasteiger partial charge in [0.25, 0.3) is 0 Å². The Morgan fingerprint density at radius 2 is 2.16 bits per heavy atom. The third-order valence-corrected chi connectivity index (χ3v) is 4.40. The van der Waals surface area contributed by atoms with Crippen LogP contribution < -0.4 is 0 Å². The molecular weight excluding hydrogens is 342 g/mol. The molecule has 25 heavy (non-hydrogen) atoms. The topological polar surface area (TPSA) is 67.6 Å². The Labute approximate surface area is 152 Å². The Morgan fingerprint density at radius 1 is 1.36 bits per heavy atom. The molecule has 1 aliphatic heterocycles. The van der Waals surface area contributed by atoms with Gasteiger partial charge in [-0.05, 0) is 49.6 Å². The highest BCUT2D eigenvalue weighted by molar-refractivity contribution is 6.30. The summed E-state index contributed by atoms with van der Waals surface area (Å²) in [5, 5.41) is 14.7. The smallest absolute Gasteiger partial charge is 0.410 e. The average Bonchev–Trinajstić information content (AvgIpc) is 2.84. The fourth-order valence-electron chi connectivity index (χ4n) is 2.98. The van der Waals surface area contributed by atoms with Crippen molar-refractivity contribution in [2.24, 2.45) is 0 Å². The second-order valence-corrected chi connectivity index (χ2v) is 6.86. The van der Waals surface area contributed by atoms with Gasteiger partial charge in [-0.25, -0.2) is 4.79 Å². The van der Waals surface area contributed by atoms with Crippen molar-refractivity contribution in [1.82, 2.24) is 14.7 Å². The molecule has 0 aliphatic carbocycles. The van der Waals surface area contributed by atoms with Crippen LogP contribution in [0.3, 0.4) is 0 Å². The maximum absolute atomic E-state index is 12.4. The van der Waals surface area contributed by atoms with E-state index in [9.17, 15) is 9.90 Å². The Bertz CT molecular complexity index is 753. The SMILES string of the molecule is Cc1cc(Cl)cc(COC(=O)N2CCCn3nc(C(C)O)cc3C2)c1. The second-order valence-electron chi connectivity index (χ2n) is 6.43. The first-order valence-corrected chi connectivity index (χ1v) is 8.72. The highest BCUT2D eigenvalue weighted by Gasteiger charge is 2.22. The molecule has 0 saturated carbocycles. The molecule has 6 nitrogen and oxygen atoms in total. The summed E-state index contributed by atoms with van der Waals surface area (Å²) in [4.78, 5) is 14.1. The quantitative estimate of drug-likeness (QED) is 0.907. The van der Waals surface area contributed by atoms with E-state index in [-0.39, 0.29) is 12.7 Å². The van der Waals surface area contributed by atoms with Crippen LogP contribution in [0.2, 0.25) is 5.02 Å². The van der Waals surface area contributed by atoms with Crippen LogP contribution in [0.25, 0.3) is 0 Å². The number of aliphatic hydroxyl groups is 1. The summed E-state index contributed by atoms with van der Waals surface area (Å²) in [6, 6.07) is 7.46. The summed E-state index contributed by atoms with van der Waals surface area (Å²) in [6.45, 7) is 5.58. The molecule has 1 aromatic carbocycles. The zero-order chi connectivity index (χ0) is 18.0. The lowest BCUT2D eigenvalue weighted by molar-refractivity contribution is 0.0942. The van der Waals surface area contributed by atoms with E-state index in [1.54, 1.807) is 17.9 Å². The third kappa shape index (κ3) is 4.32. The van der Waals surface area contributed by atoms with E-state index in [0.717, 1.165) is 29.8 Å². The van der Waals surface area contributed by atoms with E-state index in [4.69, 9.17) is 16.3 Å². The lowest BCUT2D eigenvalue weighted by Gasteiger charge is -2.19. The van der Waals surface area contributed by atoms with Crippen LogP contribution in [0.1, 0.15) is 42.0 Å². The fourth-order valence-corrected chi connectivity index (χ4v) is 3.29. The minimum atomic E-state index is -0.620. The largest absolute Gasteiger partial charge is 0.445 e. The number of fused-ring (bicyclic) bond motifs is 1. The molecule has 7 heteroatoms. The Hall–Kier alpha value is -2.05. The lowest BCUT2D eigenvalue weighted by atomic mass is 10.1. The molecule has 0 spiro atoms. The van der Waals surface area contributed by atoms with E-state index in [1.165, 1.54) is 0 Å². The zero-order valence-electron chi connectivity index (χ0n) is 14.4. The number of amides is 1. The van der Waals surface area contributed by atoms with Gasteiger partial charge in [-0.2, -0.15) is 5.10 Å². The molecule has 1 N–H and O–H groups in total. The van der Waals surface area contributed by atoms with Gasteiger partial charge in [-0.15, -0.1) is 0 Å². The number of benzene rings is 1. The minimum absolute atomic E-state index is 0.189. The normalized spacial score (nSPS) is 15.4. The van der Waals surface area contributed by atoms with Gasteiger partial charge in [-0.1, -0.05) is 17.7 Å². The highest BCUT2D eigenvalue weighted by Crippen LogP contribution is 2.19. The van der Waals surface area contributed by atoms with Crippen molar-refractivity contribution < 1.29 is 14.6 Å². The van der Waals surface area contributed by atoms with E-state index in [1.807, 2.05) is 29.8 Å². The van der Waals surface area contributed by atoms with Gasteiger partial charge in [0.05, 0.1) is 24.0 Å². The number of aryl methyl sites for hydroxylation is 2. The number of hydrogen-bond acceptors (Lipinski definition) is 4. The molecule has 134 valence electrons. The molecule has 1 atom stereocenters. The van der Waals surface area contributed by atoms with Crippen molar-refractivity contribution in [3.8, 4) is 0 Å². The number of halogens is 1. The number of ether oxygens (including phenoxy) is 1. The van der Waals surface area contributed by atoms with Crippen LogP contribution in [-0.4, -0.2) is 32.4 Å². The second kappa shape index (κ2) is 7.45. The van der Waals surface area contributed by atoms with Gasteiger partial charge in [0.1, 0.15) is 6.61 Å². The molecule has 2 heterocycles. The van der Waals surface area contributed by atoms with Crippen molar-refractivity contribution in [3.05, 3.63) is 51.8 Å². The summed E-state index contributed by atoms with van der Waals surface area (Å²) in [7, 11) is 0. The maximum atomic E-state index is 12.4. The molecule has 0 fully saturated rings. The van der Waals surface area contributed by atoms with Crippen LogP contribution in [0.15, 0.2) is 24.3 Å². The van der Waals surface area contributed by atoms with Crippen molar-refractivity contribution in [3.63, 3.8) is 0 Å². The van der Waals surface area contributed by atoms with Crippen molar-refractivity contribution in [1.29, 1.82) is 0 Å². The predicted molar refractivity (Wildman–Crippen MR) is 94.3 cm³/mol. The summed E-state index contributed by atoms with van der Waals surface area (Å²) in [5.74, 6) is 0. The summed E-state index contributed by atoms with van der Waals surface area (Å²) < 4.78 is 7.31. The summed E-state index contributed by atoms with van der Waals surface area (Å²) in [5.41, 5.74) is 3.43. The number of aromatic nitrogens is 2. The fraction of sp³-hybridized carbons (Fsp3) is 0.444. The van der Waals surface area contributed by atoms with Crippen LogP contribution in [-0.2, 0) is 24.4 Å². The van der Waals surface area contributed by atoms with Crippen molar-refractivity contribution in [2.45, 2.75) is 46.1 Å². The third-order valence-electron chi connectivity index (χ3n) is 4.18. The first-order chi connectivity index (χ1) is 11.9. The van der Waals surface area contributed by atoms with Gasteiger partial charge < -0.3 is 14.7 Å². The first kappa shape index (κ1) is 17.8. The van der Waals surface area contributed by atoms with Gasteiger partial charge in [0.15, 0.2) is 0 Å². The molecule has 0 bridgehead atoms. The lowest BCUT2D eigenvalue weighted by Crippen LogP contribution is -2.31. The van der Waals surface area contributed by atoms with Crippen LogP contribution in [0.5, 0.6) is 0 Å². The minimum Gasteiger partial charge on any atom is -0.445 e. The van der Waals surface area contributed by atoms with E-state index >= 15 is 0 Å². The van der Waals surface area contributed by atoms with Crippen molar-refractivity contribution >= 4 is 17.7 Å². The number of aliphatic hydroxyl groups excluding tert-OH is 1. The van der Waals surface area contributed by atoms with Crippen LogP contribution in [0, 0.1) is 6.92 Å². The van der Waals surface area contributed by atoms with E-state index < -0.39 is 6.10 Å². The van der Waals surface area contributed by atoms with E-state index in [2.05, 4.69) is 5.10 Å². The summed E-state index contributed by atoms with van der Waals surface area (Å²) in [6.07, 6.45) is -0.184. The Morgan fingerprint density at radius 3 is 2.88 bits per heavy atom. The molecule has 0 radical (unpaired) electrons. The molecule has 1 amide bonds. The highest BCUT2D eigenvalue weighted by atomic mass is 35.5. The first-order valence-electron chi connectivity index (χ1n) is 8.35. The zero-order valence-corrected chi connectivity index (χ0v) is 15.2. The number of hydrogen-bond donors (Lipinski definition) is 1. The predicted octanol–water partition coefficient (Wildman–Crippen LogP) is 3.44. The Balaban J connectivity index is 1.65. The van der Waals surface area contributed by atoms with E-state index in [0.29, 0.717) is 23.8 Å².